The fourth-order valence-electron chi connectivity index (χ4n) is 3.20. The van der Waals surface area contributed by atoms with Gasteiger partial charge in [-0.3, -0.25) is 9.69 Å². The summed E-state index contributed by atoms with van der Waals surface area (Å²) in [5.41, 5.74) is -0.803. The average Bonchev–Trinajstić information content (AvgIpc) is 3.00. The van der Waals surface area contributed by atoms with Gasteiger partial charge in [0.2, 0.25) is 5.89 Å². The maximum absolute atomic E-state index is 12.2. The normalized spacial score (nSPS) is 25.0. The van der Waals surface area contributed by atoms with E-state index < -0.39 is 5.54 Å². The van der Waals surface area contributed by atoms with Crippen molar-refractivity contribution in [2.24, 2.45) is 0 Å². The van der Waals surface area contributed by atoms with Crippen LogP contribution in [0.1, 0.15) is 44.3 Å². The number of likely N-dealkylation sites (tertiary alicyclic amines) is 1. The zero-order valence-corrected chi connectivity index (χ0v) is 13.8. The highest BCUT2D eigenvalue weighted by Gasteiger charge is 2.44. The van der Waals surface area contributed by atoms with Crippen molar-refractivity contribution in [1.82, 2.24) is 25.3 Å². The van der Waals surface area contributed by atoms with Crippen LogP contribution < -0.4 is 5.32 Å². The lowest BCUT2D eigenvalue weighted by atomic mass is 9.98. The van der Waals surface area contributed by atoms with E-state index >= 15 is 0 Å². The van der Waals surface area contributed by atoms with Gasteiger partial charge in [-0.15, -0.1) is 0 Å². The van der Waals surface area contributed by atoms with Gasteiger partial charge in [0.05, 0.1) is 5.92 Å². The average molecular weight is 321 g/mol. The summed E-state index contributed by atoms with van der Waals surface area (Å²) in [5, 5.41) is 6.56. The lowest BCUT2D eigenvalue weighted by molar-refractivity contribution is -0.130. The molecule has 8 nitrogen and oxygen atoms in total. The zero-order valence-electron chi connectivity index (χ0n) is 13.8. The summed E-state index contributed by atoms with van der Waals surface area (Å²) >= 11 is 0. The van der Waals surface area contributed by atoms with Gasteiger partial charge < -0.3 is 14.7 Å². The Labute approximate surface area is 135 Å². The monoisotopic (exact) mass is 321 g/mol. The molecule has 0 saturated carbocycles. The lowest BCUT2D eigenvalue weighted by Crippen LogP contribution is -2.43. The standard InChI is InChI=1S/C15H23N5O3/c1-10-16-12(23-18-10)11-5-4-6-19(9-11)7-8-20-13(21)15(2,3)17-14(20)22/h11H,4-9H2,1-3H3,(H,17,22)/t11-/m1/s1. The highest BCUT2D eigenvalue weighted by atomic mass is 16.5. The van der Waals surface area contributed by atoms with E-state index in [2.05, 4.69) is 20.4 Å². The van der Waals surface area contributed by atoms with Gasteiger partial charge >= 0.3 is 6.03 Å². The molecule has 2 aliphatic heterocycles. The maximum atomic E-state index is 12.2. The number of carbonyl (C=O) groups excluding carboxylic acids is 2. The maximum Gasteiger partial charge on any atom is 0.325 e. The largest absolute Gasteiger partial charge is 0.339 e. The van der Waals surface area contributed by atoms with Crippen LogP contribution in [-0.4, -0.2) is 63.6 Å². The van der Waals surface area contributed by atoms with Crippen molar-refractivity contribution in [2.45, 2.75) is 45.1 Å². The number of piperidine rings is 1. The van der Waals surface area contributed by atoms with Gasteiger partial charge in [-0.2, -0.15) is 4.98 Å². The number of aromatic nitrogens is 2. The number of hydrogen-bond donors (Lipinski definition) is 1. The quantitative estimate of drug-likeness (QED) is 0.828. The number of urea groups is 1. The van der Waals surface area contributed by atoms with Crippen molar-refractivity contribution < 1.29 is 14.1 Å². The third kappa shape index (κ3) is 3.21. The number of carbonyl (C=O) groups is 2. The minimum absolute atomic E-state index is 0.163. The van der Waals surface area contributed by atoms with Crippen LogP contribution in [0.3, 0.4) is 0 Å². The van der Waals surface area contributed by atoms with E-state index in [1.165, 1.54) is 4.90 Å². The predicted octanol–water partition coefficient (Wildman–Crippen LogP) is 0.888. The van der Waals surface area contributed by atoms with Crippen LogP contribution in [-0.2, 0) is 4.79 Å². The van der Waals surface area contributed by atoms with Crippen LogP contribution in [0.4, 0.5) is 4.79 Å². The predicted molar refractivity (Wildman–Crippen MR) is 81.8 cm³/mol. The second-order valence-corrected chi connectivity index (χ2v) is 6.83. The highest BCUT2D eigenvalue weighted by Crippen LogP contribution is 2.25. The summed E-state index contributed by atoms with van der Waals surface area (Å²) in [5.74, 6) is 1.40. The van der Waals surface area contributed by atoms with Gasteiger partial charge in [-0.1, -0.05) is 5.16 Å². The molecule has 0 bridgehead atoms. The third-order valence-electron chi connectivity index (χ3n) is 4.48. The van der Waals surface area contributed by atoms with Gasteiger partial charge in [0.25, 0.3) is 5.91 Å². The van der Waals surface area contributed by atoms with Crippen LogP contribution in [0.2, 0.25) is 0 Å². The Bertz CT molecular complexity index is 612. The molecular weight excluding hydrogens is 298 g/mol. The van der Waals surface area contributed by atoms with Crippen LogP contribution in [0, 0.1) is 6.92 Å². The molecular formula is C15H23N5O3. The third-order valence-corrected chi connectivity index (χ3v) is 4.48. The van der Waals surface area contributed by atoms with E-state index in [1.807, 2.05) is 6.92 Å². The molecule has 3 rings (SSSR count). The zero-order chi connectivity index (χ0) is 16.6. The van der Waals surface area contributed by atoms with E-state index in [0.717, 1.165) is 25.9 Å². The van der Waals surface area contributed by atoms with Crippen molar-refractivity contribution >= 4 is 11.9 Å². The van der Waals surface area contributed by atoms with Gasteiger partial charge in [-0.25, -0.2) is 4.79 Å². The molecule has 3 heterocycles. The number of hydrogen-bond acceptors (Lipinski definition) is 6. The number of amides is 3. The molecule has 2 aliphatic rings. The molecule has 2 fully saturated rings. The summed E-state index contributed by atoms with van der Waals surface area (Å²) in [4.78, 5) is 32.0. The van der Waals surface area contributed by atoms with Crippen LogP contribution in [0.25, 0.3) is 0 Å². The first kappa shape index (κ1) is 15.9. The second kappa shape index (κ2) is 5.92. The SMILES string of the molecule is Cc1noc([C@@H]2CCCN(CCN3C(=O)NC(C)(C)C3=O)C2)n1. The fraction of sp³-hybridized carbons (Fsp3) is 0.733. The van der Waals surface area contributed by atoms with E-state index in [1.54, 1.807) is 13.8 Å². The summed E-state index contributed by atoms with van der Waals surface area (Å²) in [6.07, 6.45) is 2.06. The number of imide groups is 1. The van der Waals surface area contributed by atoms with Crippen molar-refractivity contribution in [3.8, 4) is 0 Å². The van der Waals surface area contributed by atoms with Gasteiger partial charge in [0, 0.05) is 19.6 Å². The molecule has 126 valence electrons. The minimum atomic E-state index is -0.803. The topological polar surface area (TPSA) is 91.6 Å². The van der Waals surface area contributed by atoms with Crippen molar-refractivity contribution in [3.05, 3.63) is 11.7 Å². The van der Waals surface area contributed by atoms with Gasteiger partial charge in [0.15, 0.2) is 5.82 Å². The number of aryl methyl sites for hydroxylation is 1. The first-order chi connectivity index (χ1) is 10.9. The number of rotatable bonds is 4. The molecule has 8 heteroatoms. The van der Waals surface area contributed by atoms with Crippen molar-refractivity contribution in [1.29, 1.82) is 0 Å². The Kier molecular flexibility index (Phi) is 4.09. The summed E-state index contributed by atoms with van der Waals surface area (Å²) in [6.45, 7) is 8.10. The van der Waals surface area contributed by atoms with Crippen LogP contribution in [0.5, 0.6) is 0 Å². The summed E-state index contributed by atoms with van der Waals surface area (Å²) in [7, 11) is 0. The van der Waals surface area contributed by atoms with Gasteiger partial charge in [0.1, 0.15) is 5.54 Å². The molecule has 3 amide bonds. The molecule has 23 heavy (non-hydrogen) atoms. The molecule has 0 aromatic carbocycles. The van der Waals surface area contributed by atoms with Crippen molar-refractivity contribution in [2.75, 3.05) is 26.2 Å². The lowest BCUT2D eigenvalue weighted by Gasteiger charge is -2.31. The Morgan fingerprint density at radius 1 is 1.35 bits per heavy atom. The Morgan fingerprint density at radius 3 is 2.74 bits per heavy atom. The smallest absolute Gasteiger partial charge is 0.325 e. The molecule has 1 aromatic rings. The van der Waals surface area contributed by atoms with E-state index in [0.29, 0.717) is 24.8 Å². The van der Waals surface area contributed by atoms with Crippen LogP contribution in [0.15, 0.2) is 4.52 Å². The first-order valence-corrected chi connectivity index (χ1v) is 8.03. The molecule has 1 N–H and O–H groups in total. The summed E-state index contributed by atoms with van der Waals surface area (Å²) < 4.78 is 5.28. The van der Waals surface area contributed by atoms with Crippen molar-refractivity contribution in [3.63, 3.8) is 0 Å². The van der Waals surface area contributed by atoms with E-state index in [-0.39, 0.29) is 17.9 Å². The summed E-state index contributed by atoms with van der Waals surface area (Å²) in [6, 6.07) is -0.305. The Morgan fingerprint density at radius 2 is 2.13 bits per heavy atom. The highest BCUT2D eigenvalue weighted by molar-refractivity contribution is 6.06. The molecule has 2 saturated heterocycles. The van der Waals surface area contributed by atoms with Crippen LogP contribution >= 0.6 is 0 Å². The molecule has 0 aliphatic carbocycles. The second-order valence-electron chi connectivity index (χ2n) is 6.83. The minimum Gasteiger partial charge on any atom is -0.339 e. The number of nitrogens with zero attached hydrogens (tertiary/aromatic N) is 4. The van der Waals surface area contributed by atoms with Gasteiger partial charge in [-0.05, 0) is 40.2 Å². The van der Waals surface area contributed by atoms with E-state index in [4.69, 9.17) is 4.52 Å². The molecule has 1 atom stereocenters. The Hall–Kier alpha value is -1.96. The molecule has 0 unspecified atom stereocenters. The number of nitrogens with one attached hydrogen (secondary N) is 1. The molecule has 0 spiro atoms. The van der Waals surface area contributed by atoms with E-state index in [9.17, 15) is 9.59 Å². The fourth-order valence-corrected chi connectivity index (χ4v) is 3.20. The molecule has 1 aromatic heterocycles. The first-order valence-electron chi connectivity index (χ1n) is 8.03. The Balaban J connectivity index is 1.56. The molecule has 0 radical (unpaired) electrons.